The van der Waals surface area contributed by atoms with Crippen molar-refractivity contribution in [3.63, 3.8) is 0 Å². The Labute approximate surface area is 217 Å². The number of carbonyl (C=O) groups excluding carboxylic acids is 1. The van der Waals surface area contributed by atoms with Gasteiger partial charge >= 0.3 is 0 Å². The number of carbonyl (C=O) groups is 1. The molecule has 3 aromatic carbocycles. The molecule has 35 heavy (non-hydrogen) atoms. The Bertz CT molecular complexity index is 1190. The molecule has 3 aromatic rings. The van der Waals surface area contributed by atoms with Gasteiger partial charge in [0.2, 0.25) is 0 Å². The van der Waals surface area contributed by atoms with Gasteiger partial charge in [0.1, 0.15) is 12.4 Å². The topological polar surface area (TPSA) is 78.4 Å². The second-order valence-corrected chi connectivity index (χ2v) is 8.52. The molecule has 0 unspecified atom stereocenters. The number of rotatable bonds is 11. The third-order valence-corrected chi connectivity index (χ3v) is 5.62. The van der Waals surface area contributed by atoms with Gasteiger partial charge < -0.3 is 18.9 Å². The normalized spacial score (nSPS) is 10.8. The Morgan fingerprint density at radius 2 is 1.74 bits per heavy atom. The summed E-state index contributed by atoms with van der Waals surface area (Å²) < 4.78 is 36.2. The van der Waals surface area contributed by atoms with Gasteiger partial charge in [-0.25, -0.2) is 9.82 Å². The van der Waals surface area contributed by atoms with Crippen molar-refractivity contribution in [1.29, 1.82) is 0 Å². The van der Waals surface area contributed by atoms with Crippen LogP contribution in [0.15, 0.2) is 59.7 Å². The molecule has 1 amide bonds. The fourth-order valence-electron chi connectivity index (χ4n) is 3.06. The molecule has 7 nitrogen and oxygen atoms in total. The first-order valence-corrected chi connectivity index (χ1v) is 11.9. The van der Waals surface area contributed by atoms with Crippen molar-refractivity contribution >= 4 is 34.7 Å². The van der Waals surface area contributed by atoms with E-state index in [0.29, 0.717) is 40.7 Å². The summed E-state index contributed by atoms with van der Waals surface area (Å²) in [6, 6.07) is 14.7. The summed E-state index contributed by atoms with van der Waals surface area (Å²) in [5, 5.41) is 4.06. The zero-order valence-corrected chi connectivity index (χ0v) is 21.8. The van der Waals surface area contributed by atoms with Crippen LogP contribution in [0.3, 0.4) is 0 Å². The predicted octanol–water partition coefficient (Wildman–Crippen LogP) is 5.58. The summed E-state index contributed by atoms with van der Waals surface area (Å²) in [5.41, 5.74) is 4.44. The largest absolute Gasteiger partial charge is 0.493 e. The SMILES string of the molecule is CCCOc1ccc(C(=O)N/N=C/c2cc(I)c(OCc3ccc(F)cc3)c(OC)c2)cc1OC. The highest BCUT2D eigenvalue weighted by Gasteiger charge is 2.13. The van der Waals surface area contributed by atoms with E-state index in [1.54, 1.807) is 43.5 Å². The number of amides is 1. The molecule has 0 aliphatic heterocycles. The number of hydrogen-bond acceptors (Lipinski definition) is 6. The van der Waals surface area contributed by atoms with Crippen LogP contribution in [-0.4, -0.2) is 32.9 Å². The van der Waals surface area contributed by atoms with Crippen molar-refractivity contribution in [2.24, 2.45) is 5.10 Å². The zero-order valence-electron chi connectivity index (χ0n) is 19.6. The molecular weight excluding hydrogens is 566 g/mol. The average Bonchev–Trinajstić information content (AvgIpc) is 2.87. The van der Waals surface area contributed by atoms with E-state index in [0.717, 1.165) is 15.6 Å². The van der Waals surface area contributed by atoms with Crippen LogP contribution in [0.2, 0.25) is 0 Å². The molecule has 0 bridgehead atoms. The van der Waals surface area contributed by atoms with E-state index < -0.39 is 0 Å². The summed E-state index contributed by atoms with van der Waals surface area (Å²) in [6.45, 7) is 2.84. The summed E-state index contributed by atoms with van der Waals surface area (Å²) in [6.07, 6.45) is 2.38. The minimum Gasteiger partial charge on any atom is -0.493 e. The maximum Gasteiger partial charge on any atom is 0.271 e. The van der Waals surface area contributed by atoms with Crippen molar-refractivity contribution in [2.45, 2.75) is 20.0 Å². The van der Waals surface area contributed by atoms with E-state index in [-0.39, 0.29) is 18.3 Å². The van der Waals surface area contributed by atoms with E-state index in [1.165, 1.54) is 25.5 Å². The Morgan fingerprint density at radius 1 is 1.00 bits per heavy atom. The lowest BCUT2D eigenvalue weighted by atomic mass is 10.2. The van der Waals surface area contributed by atoms with Crippen molar-refractivity contribution in [1.82, 2.24) is 5.43 Å². The van der Waals surface area contributed by atoms with Crippen LogP contribution in [0, 0.1) is 9.39 Å². The number of methoxy groups -OCH3 is 2. The van der Waals surface area contributed by atoms with Crippen LogP contribution in [-0.2, 0) is 6.61 Å². The summed E-state index contributed by atoms with van der Waals surface area (Å²) in [5.74, 6) is 1.45. The molecule has 3 rings (SSSR count). The number of halogens is 2. The molecule has 0 atom stereocenters. The lowest BCUT2D eigenvalue weighted by Gasteiger charge is -2.13. The number of hydrogen-bond donors (Lipinski definition) is 1. The number of nitrogens with one attached hydrogen (secondary N) is 1. The van der Waals surface area contributed by atoms with Crippen LogP contribution in [0.4, 0.5) is 4.39 Å². The molecular formula is C26H26FIN2O5. The standard InChI is InChI=1S/C26H26FIN2O5/c1-4-11-34-22-10-7-19(14-23(22)32-2)26(31)30-29-15-18-12-21(28)25(24(13-18)33-3)35-16-17-5-8-20(27)9-6-17/h5-10,12-15H,4,11,16H2,1-3H3,(H,30,31)/b29-15+. The van der Waals surface area contributed by atoms with Gasteiger partial charge in [0, 0.05) is 5.56 Å². The van der Waals surface area contributed by atoms with Gasteiger partial charge in [-0.3, -0.25) is 4.79 Å². The van der Waals surface area contributed by atoms with E-state index in [1.807, 2.05) is 13.0 Å². The minimum absolute atomic E-state index is 0.266. The second-order valence-electron chi connectivity index (χ2n) is 7.36. The van der Waals surface area contributed by atoms with Gasteiger partial charge in [0.25, 0.3) is 5.91 Å². The number of nitrogens with zero attached hydrogens (tertiary/aromatic N) is 1. The molecule has 0 spiro atoms. The maximum atomic E-state index is 13.1. The molecule has 0 saturated heterocycles. The Kier molecular flexibility index (Phi) is 9.71. The molecule has 0 saturated carbocycles. The van der Waals surface area contributed by atoms with Gasteiger partial charge in [-0.2, -0.15) is 5.10 Å². The highest BCUT2D eigenvalue weighted by Crippen LogP contribution is 2.34. The zero-order chi connectivity index (χ0) is 25.2. The fraction of sp³-hybridized carbons (Fsp3) is 0.231. The van der Waals surface area contributed by atoms with Crippen molar-refractivity contribution in [2.75, 3.05) is 20.8 Å². The molecule has 0 fully saturated rings. The third-order valence-electron chi connectivity index (χ3n) is 4.82. The van der Waals surface area contributed by atoms with E-state index in [4.69, 9.17) is 18.9 Å². The highest BCUT2D eigenvalue weighted by molar-refractivity contribution is 14.1. The van der Waals surface area contributed by atoms with Crippen LogP contribution in [0.25, 0.3) is 0 Å². The van der Waals surface area contributed by atoms with Crippen LogP contribution in [0.5, 0.6) is 23.0 Å². The van der Waals surface area contributed by atoms with Crippen molar-refractivity contribution in [3.05, 3.63) is 80.7 Å². The Balaban J connectivity index is 1.66. The summed E-state index contributed by atoms with van der Waals surface area (Å²) in [7, 11) is 3.07. The molecule has 0 aromatic heterocycles. The van der Waals surface area contributed by atoms with Gasteiger partial charge in [0.05, 0.1) is 30.6 Å². The molecule has 9 heteroatoms. The highest BCUT2D eigenvalue weighted by atomic mass is 127. The van der Waals surface area contributed by atoms with Crippen molar-refractivity contribution in [3.8, 4) is 23.0 Å². The number of hydrazone groups is 1. The average molecular weight is 592 g/mol. The van der Waals surface area contributed by atoms with Gasteiger partial charge in [-0.05, 0) is 82.6 Å². The monoisotopic (exact) mass is 592 g/mol. The second kappa shape index (κ2) is 12.9. The molecule has 0 heterocycles. The summed E-state index contributed by atoms with van der Waals surface area (Å²) in [4.78, 5) is 12.5. The number of ether oxygens (including phenoxy) is 4. The van der Waals surface area contributed by atoms with Gasteiger partial charge in [0.15, 0.2) is 23.0 Å². The molecule has 184 valence electrons. The van der Waals surface area contributed by atoms with Gasteiger partial charge in [-0.15, -0.1) is 0 Å². The maximum absolute atomic E-state index is 13.1. The van der Waals surface area contributed by atoms with Crippen molar-refractivity contribution < 1.29 is 28.1 Å². The lowest BCUT2D eigenvalue weighted by Crippen LogP contribution is -2.17. The molecule has 1 N–H and O–H groups in total. The van der Waals surface area contributed by atoms with Gasteiger partial charge in [-0.1, -0.05) is 19.1 Å². The summed E-state index contributed by atoms with van der Waals surface area (Å²) >= 11 is 2.14. The van der Waals surface area contributed by atoms with Crippen LogP contribution >= 0.6 is 22.6 Å². The lowest BCUT2D eigenvalue weighted by molar-refractivity contribution is 0.0954. The van der Waals surface area contributed by atoms with Crippen LogP contribution < -0.4 is 24.4 Å². The smallest absolute Gasteiger partial charge is 0.271 e. The Morgan fingerprint density at radius 3 is 2.43 bits per heavy atom. The minimum atomic E-state index is -0.387. The fourth-order valence-corrected chi connectivity index (χ4v) is 3.84. The van der Waals surface area contributed by atoms with E-state index in [9.17, 15) is 9.18 Å². The molecule has 0 aliphatic rings. The first-order valence-electron chi connectivity index (χ1n) is 10.8. The predicted molar refractivity (Wildman–Crippen MR) is 140 cm³/mol. The third kappa shape index (κ3) is 7.32. The number of benzene rings is 3. The van der Waals surface area contributed by atoms with E-state index >= 15 is 0 Å². The first-order chi connectivity index (χ1) is 16.9. The first kappa shape index (κ1) is 26.3. The Hall–Kier alpha value is -3.34. The van der Waals surface area contributed by atoms with Crippen LogP contribution in [0.1, 0.15) is 34.8 Å². The molecule has 0 radical (unpaired) electrons. The van der Waals surface area contributed by atoms with E-state index in [2.05, 4.69) is 33.1 Å². The molecule has 0 aliphatic carbocycles. The quantitative estimate of drug-likeness (QED) is 0.179.